The van der Waals surface area contributed by atoms with Gasteiger partial charge in [0.15, 0.2) is 0 Å². The van der Waals surface area contributed by atoms with Crippen molar-refractivity contribution >= 4 is 0 Å². The largest absolute Gasteiger partial charge is 0.288 e. The Labute approximate surface area is 70.8 Å². The lowest BCUT2D eigenvalue weighted by molar-refractivity contribution is 0.493. The van der Waals surface area contributed by atoms with E-state index < -0.39 is 0 Å². The molecule has 0 saturated heterocycles. The minimum absolute atomic E-state index is 0.236. The lowest BCUT2D eigenvalue weighted by atomic mass is 10.00. The van der Waals surface area contributed by atoms with Crippen LogP contribution in [0.1, 0.15) is 11.1 Å². The minimum Gasteiger partial charge on any atom is -0.288 e. The van der Waals surface area contributed by atoms with Crippen LogP contribution in [0.15, 0.2) is 29.4 Å². The molecule has 0 bridgehead atoms. The highest BCUT2D eigenvalue weighted by Crippen LogP contribution is 2.16. The molecule has 1 aliphatic heterocycles. The summed E-state index contributed by atoms with van der Waals surface area (Å²) in [6.07, 6.45) is 0.486. The number of hydrogen-bond donors (Lipinski definition) is 1. The van der Waals surface area contributed by atoms with Crippen LogP contribution in [0.25, 0.3) is 0 Å². The summed E-state index contributed by atoms with van der Waals surface area (Å²) in [6, 6.07) is 8.12. The maximum atomic E-state index is 10.3. The molecule has 62 valence electrons. The summed E-state index contributed by atoms with van der Waals surface area (Å²) in [5, 5.41) is 6.03. The van der Waals surface area contributed by atoms with Crippen LogP contribution >= 0.6 is 0 Å². The van der Waals surface area contributed by atoms with E-state index in [-0.39, 0.29) is 6.17 Å². The third-order valence-corrected chi connectivity index (χ3v) is 2.19. The normalized spacial score (nSPS) is 21.5. The smallest absolute Gasteiger partial charge is 0.146 e. The molecule has 1 aromatic rings. The van der Waals surface area contributed by atoms with Gasteiger partial charge in [-0.15, -0.1) is 4.91 Å². The highest BCUT2D eigenvalue weighted by atomic mass is 16.3. The molecule has 2 rings (SSSR count). The van der Waals surface area contributed by atoms with Crippen molar-refractivity contribution in [2.45, 2.75) is 19.1 Å². The van der Waals surface area contributed by atoms with Crippen molar-refractivity contribution in [2.24, 2.45) is 5.18 Å². The van der Waals surface area contributed by atoms with E-state index in [1.807, 2.05) is 18.2 Å². The fourth-order valence-corrected chi connectivity index (χ4v) is 1.51. The molecular weight excluding hydrogens is 152 g/mol. The van der Waals surface area contributed by atoms with Crippen molar-refractivity contribution in [3.05, 3.63) is 40.3 Å². The van der Waals surface area contributed by atoms with Crippen LogP contribution in [0.4, 0.5) is 0 Å². The number of nitroso groups, excluding NO2 is 1. The van der Waals surface area contributed by atoms with E-state index >= 15 is 0 Å². The minimum atomic E-state index is -0.236. The molecule has 1 aromatic carbocycles. The van der Waals surface area contributed by atoms with Gasteiger partial charge in [-0.3, -0.25) is 5.32 Å². The summed E-state index contributed by atoms with van der Waals surface area (Å²) in [5.74, 6) is 0. The summed E-state index contributed by atoms with van der Waals surface area (Å²) in [6.45, 7) is 0.757. The molecule has 0 radical (unpaired) electrons. The van der Waals surface area contributed by atoms with E-state index in [2.05, 4.69) is 16.6 Å². The number of fused-ring (bicyclic) bond motifs is 1. The standard InChI is InChI=1S/C9H10N2O/c12-11-9-5-7-3-1-2-4-8(7)6-10-9/h1-4,9-10H,5-6H2/t9-/m1/s1. The lowest BCUT2D eigenvalue weighted by Gasteiger charge is -2.20. The summed E-state index contributed by atoms with van der Waals surface area (Å²) >= 11 is 0. The first kappa shape index (κ1) is 7.43. The molecule has 3 nitrogen and oxygen atoms in total. The van der Waals surface area contributed by atoms with Gasteiger partial charge in [0.05, 0.1) is 0 Å². The second-order valence-electron chi connectivity index (χ2n) is 2.97. The highest BCUT2D eigenvalue weighted by molar-refractivity contribution is 5.29. The fourth-order valence-electron chi connectivity index (χ4n) is 1.51. The first-order chi connectivity index (χ1) is 5.90. The van der Waals surface area contributed by atoms with Gasteiger partial charge in [0, 0.05) is 13.0 Å². The summed E-state index contributed by atoms with van der Waals surface area (Å²) in [4.78, 5) is 10.3. The number of rotatable bonds is 1. The Balaban J connectivity index is 2.28. The van der Waals surface area contributed by atoms with Gasteiger partial charge in [0.25, 0.3) is 0 Å². The summed E-state index contributed by atoms with van der Waals surface area (Å²) < 4.78 is 0. The maximum absolute atomic E-state index is 10.3. The van der Waals surface area contributed by atoms with Crippen LogP contribution in [0.5, 0.6) is 0 Å². The zero-order chi connectivity index (χ0) is 8.39. The highest BCUT2D eigenvalue weighted by Gasteiger charge is 2.16. The number of nitrogens with zero attached hydrogens (tertiary/aromatic N) is 1. The molecule has 0 aromatic heterocycles. The van der Waals surface area contributed by atoms with Gasteiger partial charge in [-0.1, -0.05) is 29.4 Å². The van der Waals surface area contributed by atoms with E-state index in [0.29, 0.717) is 0 Å². The summed E-state index contributed by atoms with van der Waals surface area (Å²) in [7, 11) is 0. The topological polar surface area (TPSA) is 41.5 Å². The second-order valence-corrected chi connectivity index (χ2v) is 2.97. The predicted molar refractivity (Wildman–Crippen MR) is 46.6 cm³/mol. The zero-order valence-electron chi connectivity index (χ0n) is 6.66. The van der Waals surface area contributed by atoms with E-state index in [9.17, 15) is 4.91 Å². The van der Waals surface area contributed by atoms with Gasteiger partial charge in [-0.05, 0) is 11.1 Å². The summed E-state index contributed by atoms with van der Waals surface area (Å²) in [5.41, 5.74) is 2.51. The van der Waals surface area contributed by atoms with Gasteiger partial charge in [0.1, 0.15) is 6.17 Å². The van der Waals surface area contributed by atoms with E-state index in [1.54, 1.807) is 0 Å². The van der Waals surface area contributed by atoms with Gasteiger partial charge >= 0.3 is 0 Å². The van der Waals surface area contributed by atoms with Crippen molar-refractivity contribution in [1.29, 1.82) is 0 Å². The average Bonchev–Trinajstić information content (AvgIpc) is 2.17. The van der Waals surface area contributed by atoms with Crippen molar-refractivity contribution in [3.8, 4) is 0 Å². The van der Waals surface area contributed by atoms with E-state index in [1.165, 1.54) is 11.1 Å². The molecule has 3 heteroatoms. The van der Waals surface area contributed by atoms with Crippen LogP contribution < -0.4 is 5.32 Å². The van der Waals surface area contributed by atoms with Gasteiger partial charge in [-0.2, -0.15) is 0 Å². The van der Waals surface area contributed by atoms with Crippen LogP contribution in [-0.4, -0.2) is 6.17 Å². The predicted octanol–water partition coefficient (Wildman–Crippen LogP) is 1.42. The molecule has 12 heavy (non-hydrogen) atoms. The van der Waals surface area contributed by atoms with Crippen LogP contribution in [0, 0.1) is 4.91 Å². The van der Waals surface area contributed by atoms with Crippen molar-refractivity contribution in [2.75, 3.05) is 0 Å². The molecule has 1 heterocycles. The molecule has 1 N–H and O–H groups in total. The average molecular weight is 162 g/mol. The molecule has 0 spiro atoms. The Kier molecular flexibility index (Phi) is 1.87. The molecule has 1 aliphatic rings. The third kappa shape index (κ3) is 1.23. The number of hydrogen-bond acceptors (Lipinski definition) is 3. The van der Waals surface area contributed by atoms with Crippen LogP contribution in [-0.2, 0) is 13.0 Å². The Hall–Kier alpha value is -1.22. The molecule has 0 fully saturated rings. The van der Waals surface area contributed by atoms with Crippen molar-refractivity contribution in [3.63, 3.8) is 0 Å². The fraction of sp³-hybridized carbons (Fsp3) is 0.333. The van der Waals surface area contributed by atoms with Crippen molar-refractivity contribution < 1.29 is 0 Å². The monoisotopic (exact) mass is 162 g/mol. The quantitative estimate of drug-likeness (QED) is 0.634. The molecule has 0 unspecified atom stereocenters. The van der Waals surface area contributed by atoms with Crippen molar-refractivity contribution in [1.82, 2.24) is 5.32 Å². The van der Waals surface area contributed by atoms with E-state index in [4.69, 9.17) is 0 Å². The molecule has 0 aliphatic carbocycles. The molecule has 1 atom stereocenters. The number of nitrogens with one attached hydrogen (secondary N) is 1. The Bertz CT molecular complexity index is 298. The Morgan fingerprint density at radius 3 is 2.83 bits per heavy atom. The second kappa shape index (κ2) is 3.03. The Morgan fingerprint density at radius 2 is 2.08 bits per heavy atom. The third-order valence-electron chi connectivity index (χ3n) is 2.19. The Morgan fingerprint density at radius 1 is 1.33 bits per heavy atom. The van der Waals surface area contributed by atoms with Crippen LogP contribution in [0.2, 0.25) is 0 Å². The maximum Gasteiger partial charge on any atom is 0.146 e. The van der Waals surface area contributed by atoms with Gasteiger partial charge in [-0.25, -0.2) is 0 Å². The molecule has 0 amide bonds. The SMILES string of the molecule is O=N[C@@H]1Cc2ccccc2CN1. The molecular formula is C9H10N2O. The van der Waals surface area contributed by atoms with Gasteiger partial charge in [0.2, 0.25) is 0 Å². The number of benzene rings is 1. The first-order valence-electron chi connectivity index (χ1n) is 4.03. The van der Waals surface area contributed by atoms with E-state index in [0.717, 1.165) is 13.0 Å². The lowest BCUT2D eigenvalue weighted by Crippen LogP contribution is -2.33. The molecule has 0 saturated carbocycles. The first-order valence-corrected chi connectivity index (χ1v) is 4.03. The van der Waals surface area contributed by atoms with Crippen LogP contribution in [0.3, 0.4) is 0 Å². The zero-order valence-corrected chi connectivity index (χ0v) is 6.66. The van der Waals surface area contributed by atoms with Gasteiger partial charge < -0.3 is 0 Å².